The number of nitriles is 1. The van der Waals surface area contributed by atoms with Gasteiger partial charge in [0, 0.05) is 18.5 Å². The molecule has 98 valence electrons. The molecule has 1 atom stereocenters. The summed E-state index contributed by atoms with van der Waals surface area (Å²) in [5, 5.41) is 20.9. The van der Waals surface area contributed by atoms with Crippen LogP contribution in [0.15, 0.2) is 35.2 Å². The highest BCUT2D eigenvalue weighted by molar-refractivity contribution is 7.07. The van der Waals surface area contributed by atoms with Gasteiger partial charge in [-0.2, -0.15) is 5.26 Å². The molecule has 4 nitrogen and oxygen atoms in total. The van der Waals surface area contributed by atoms with E-state index in [4.69, 9.17) is 5.26 Å². The molecule has 0 saturated carbocycles. The number of aliphatic hydroxyl groups is 1. The van der Waals surface area contributed by atoms with Crippen molar-refractivity contribution < 1.29 is 5.11 Å². The number of thiazole rings is 1. The Morgan fingerprint density at radius 3 is 2.74 bits per heavy atom. The molecule has 2 aromatic rings. The molecule has 0 fully saturated rings. The highest BCUT2D eigenvalue weighted by Gasteiger charge is 2.11. The van der Waals surface area contributed by atoms with Crippen LogP contribution in [0.5, 0.6) is 0 Å². The second-order valence-electron chi connectivity index (χ2n) is 4.43. The molecule has 0 amide bonds. The molecule has 1 heterocycles. The van der Waals surface area contributed by atoms with E-state index < -0.39 is 6.10 Å². The minimum absolute atomic E-state index is 0.531. The van der Waals surface area contributed by atoms with E-state index in [-0.39, 0.29) is 0 Å². The molecule has 0 radical (unpaired) electrons. The van der Waals surface area contributed by atoms with Crippen LogP contribution in [-0.2, 0) is 6.54 Å². The van der Waals surface area contributed by atoms with Crippen LogP contribution in [0.1, 0.15) is 22.9 Å². The molecule has 0 aliphatic heterocycles. The molecule has 1 aromatic carbocycles. The number of hydrogen-bond donors (Lipinski definition) is 1. The highest BCUT2D eigenvalue weighted by atomic mass is 32.1. The summed E-state index contributed by atoms with van der Waals surface area (Å²) in [6.07, 6.45) is -0.559. The van der Waals surface area contributed by atoms with Crippen molar-refractivity contribution in [1.82, 2.24) is 9.88 Å². The molecule has 1 N–H and O–H groups in total. The molecule has 0 aliphatic carbocycles. The van der Waals surface area contributed by atoms with Crippen LogP contribution in [0.2, 0.25) is 0 Å². The first-order valence-electron chi connectivity index (χ1n) is 5.93. The molecular formula is C14H15N3OS. The molecule has 2 rings (SSSR count). The molecule has 5 heteroatoms. The zero-order chi connectivity index (χ0) is 13.7. The monoisotopic (exact) mass is 273 g/mol. The van der Waals surface area contributed by atoms with Crippen LogP contribution in [0, 0.1) is 11.3 Å². The average molecular weight is 273 g/mol. The summed E-state index contributed by atoms with van der Waals surface area (Å²) in [5.74, 6) is 0. The minimum Gasteiger partial charge on any atom is -0.387 e. The van der Waals surface area contributed by atoms with Gasteiger partial charge in [0.1, 0.15) is 0 Å². The van der Waals surface area contributed by atoms with E-state index in [9.17, 15) is 5.11 Å². The van der Waals surface area contributed by atoms with Crippen molar-refractivity contribution in [2.75, 3.05) is 13.6 Å². The van der Waals surface area contributed by atoms with Crippen molar-refractivity contribution in [1.29, 1.82) is 5.26 Å². The Labute approximate surface area is 116 Å². The summed E-state index contributed by atoms with van der Waals surface area (Å²) in [6, 6.07) is 9.09. The molecular weight excluding hydrogens is 258 g/mol. The topological polar surface area (TPSA) is 60.1 Å². The van der Waals surface area contributed by atoms with Crippen molar-refractivity contribution in [3.05, 3.63) is 52.0 Å². The number of aliphatic hydroxyl groups excluding tert-OH is 1. The summed E-state index contributed by atoms with van der Waals surface area (Å²) in [5.41, 5.74) is 4.25. The lowest BCUT2D eigenvalue weighted by Gasteiger charge is -2.19. The van der Waals surface area contributed by atoms with E-state index >= 15 is 0 Å². The average Bonchev–Trinajstić information content (AvgIpc) is 2.91. The van der Waals surface area contributed by atoms with Gasteiger partial charge in [-0.05, 0) is 24.7 Å². The van der Waals surface area contributed by atoms with Crippen molar-refractivity contribution in [2.24, 2.45) is 0 Å². The fourth-order valence-corrected chi connectivity index (χ4v) is 2.39. The van der Waals surface area contributed by atoms with Crippen molar-refractivity contribution >= 4 is 11.3 Å². The van der Waals surface area contributed by atoms with Gasteiger partial charge in [-0.15, -0.1) is 11.3 Å². The Morgan fingerprint density at radius 2 is 2.16 bits per heavy atom. The molecule has 0 saturated heterocycles. The van der Waals surface area contributed by atoms with Gasteiger partial charge in [-0.1, -0.05) is 12.1 Å². The Hall–Kier alpha value is -1.74. The molecule has 0 aliphatic rings. The SMILES string of the molecule is CN(Cc1cscn1)CC(O)c1ccc(C#N)cc1. The lowest BCUT2D eigenvalue weighted by Crippen LogP contribution is -2.24. The van der Waals surface area contributed by atoms with E-state index in [1.165, 1.54) is 0 Å². The van der Waals surface area contributed by atoms with Crippen LogP contribution in [-0.4, -0.2) is 28.6 Å². The van der Waals surface area contributed by atoms with Gasteiger partial charge in [0.05, 0.1) is 28.9 Å². The maximum absolute atomic E-state index is 10.1. The van der Waals surface area contributed by atoms with Crippen molar-refractivity contribution in [3.8, 4) is 6.07 Å². The lowest BCUT2D eigenvalue weighted by atomic mass is 10.1. The predicted octanol–water partition coefficient (Wildman–Crippen LogP) is 2.18. The maximum atomic E-state index is 10.1. The second-order valence-corrected chi connectivity index (χ2v) is 5.14. The second kappa shape index (κ2) is 6.43. The largest absolute Gasteiger partial charge is 0.387 e. The zero-order valence-corrected chi connectivity index (χ0v) is 11.5. The Balaban J connectivity index is 1.92. The normalized spacial score (nSPS) is 12.3. The number of benzene rings is 1. The first-order chi connectivity index (χ1) is 9.19. The molecule has 0 bridgehead atoms. The van der Waals surface area contributed by atoms with Gasteiger partial charge >= 0.3 is 0 Å². The number of rotatable bonds is 5. The van der Waals surface area contributed by atoms with Gasteiger partial charge in [0.15, 0.2) is 0 Å². The van der Waals surface area contributed by atoms with Gasteiger partial charge in [0.25, 0.3) is 0 Å². The number of likely N-dealkylation sites (N-methyl/N-ethyl adjacent to an activating group) is 1. The molecule has 1 aromatic heterocycles. The number of hydrogen-bond acceptors (Lipinski definition) is 5. The first-order valence-corrected chi connectivity index (χ1v) is 6.87. The van der Waals surface area contributed by atoms with Crippen LogP contribution in [0.25, 0.3) is 0 Å². The number of nitrogens with zero attached hydrogens (tertiary/aromatic N) is 3. The Kier molecular flexibility index (Phi) is 4.63. The fraction of sp³-hybridized carbons (Fsp3) is 0.286. The van der Waals surface area contributed by atoms with Crippen molar-refractivity contribution in [2.45, 2.75) is 12.6 Å². The first kappa shape index (κ1) is 13.7. The predicted molar refractivity (Wildman–Crippen MR) is 74.6 cm³/mol. The Bertz CT molecular complexity index is 545. The van der Waals surface area contributed by atoms with E-state index in [0.717, 1.165) is 17.8 Å². The summed E-state index contributed by atoms with van der Waals surface area (Å²) in [7, 11) is 1.95. The molecule has 0 spiro atoms. The lowest BCUT2D eigenvalue weighted by molar-refractivity contribution is 0.123. The fourth-order valence-electron chi connectivity index (χ4n) is 1.84. The standard InChI is InChI=1S/C14H15N3OS/c1-17(7-13-9-19-10-16-13)8-14(18)12-4-2-11(6-15)3-5-12/h2-5,9-10,14,18H,7-8H2,1H3. The third-order valence-electron chi connectivity index (χ3n) is 2.82. The van der Waals surface area contributed by atoms with E-state index in [1.807, 2.05) is 17.3 Å². The van der Waals surface area contributed by atoms with Gasteiger partial charge < -0.3 is 5.11 Å². The molecule has 19 heavy (non-hydrogen) atoms. The van der Waals surface area contributed by atoms with Crippen LogP contribution < -0.4 is 0 Å². The quantitative estimate of drug-likeness (QED) is 0.907. The summed E-state index contributed by atoms with van der Waals surface area (Å²) < 4.78 is 0. The molecule has 1 unspecified atom stereocenters. The van der Waals surface area contributed by atoms with E-state index in [2.05, 4.69) is 11.1 Å². The van der Waals surface area contributed by atoms with Gasteiger partial charge in [0.2, 0.25) is 0 Å². The van der Waals surface area contributed by atoms with Crippen molar-refractivity contribution in [3.63, 3.8) is 0 Å². The third kappa shape index (κ3) is 3.86. The minimum atomic E-state index is -0.559. The summed E-state index contributed by atoms with van der Waals surface area (Å²) in [6.45, 7) is 1.25. The van der Waals surface area contributed by atoms with Gasteiger partial charge in [-0.3, -0.25) is 4.90 Å². The maximum Gasteiger partial charge on any atom is 0.0991 e. The summed E-state index contributed by atoms with van der Waals surface area (Å²) >= 11 is 1.57. The summed E-state index contributed by atoms with van der Waals surface area (Å²) in [4.78, 5) is 6.24. The Morgan fingerprint density at radius 1 is 1.42 bits per heavy atom. The number of aromatic nitrogens is 1. The van der Waals surface area contributed by atoms with E-state index in [1.54, 1.807) is 41.1 Å². The smallest absolute Gasteiger partial charge is 0.0991 e. The van der Waals surface area contributed by atoms with E-state index in [0.29, 0.717) is 12.1 Å². The highest BCUT2D eigenvalue weighted by Crippen LogP contribution is 2.15. The van der Waals surface area contributed by atoms with Gasteiger partial charge in [-0.25, -0.2) is 4.98 Å². The third-order valence-corrected chi connectivity index (χ3v) is 3.46. The van der Waals surface area contributed by atoms with Crippen LogP contribution >= 0.6 is 11.3 Å². The van der Waals surface area contributed by atoms with Crippen LogP contribution in [0.3, 0.4) is 0 Å². The zero-order valence-electron chi connectivity index (χ0n) is 10.7. The van der Waals surface area contributed by atoms with Crippen LogP contribution in [0.4, 0.5) is 0 Å².